The van der Waals surface area contributed by atoms with Crippen LogP contribution in [0.4, 0.5) is 11.5 Å². The molecular weight excluding hydrogens is 372 g/mol. The zero-order chi connectivity index (χ0) is 19.7. The second-order valence-corrected chi connectivity index (χ2v) is 8.06. The number of hydrogen-bond donors (Lipinski definition) is 1. The lowest BCUT2D eigenvalue weighted by atomic mass is 10.1. The second-order valence-electron chi connectivity index (χ2n) is 7.06. The van der Waals surface area contributed by atoms with Gasteiger partial charge in [-0.3, -0.25) is 4.79 Å². The van der Waals surface area contributed by atoms with Gasteiger partial charge in [-0.25, -0.2) is 9.97 Å². The molecule has 0 saturated carbocycles. The third-order valence-electron chi connectivity index (χ3n) is 5.09. The number of benzene rings is 1. The lowest BCUT2D eigenvalue weighted by molar-refractivity contribution is 0.103. The maximum atomic E-state index is 12.9. The average Bonchev–Trinajstić information content (AvgIpc) is 3.05. The highest BCUT2D eigenvalue weighted by Crippen LogP contribution is 2.36. The minimum atomic E-state index is -0.118. The predicted molar refractivity (Wildman–Crippen MR) is 114 cm³/mol. The van der Waals surface area contributed by atoms with Gasteiger partial charge in [0.15, 0.2) is 0 Å². The van der Waals surface area contributed by atoms with Crippen molar-refractivity contribution in [2.45, 2.75) is 33.1 Å². The summed E-state index contributed by atoms with van der Waals surface area (Å²) in [6.45, 7) is 5.93. The van der Waals surface area contributed by atoms with Crippen LogP contribution in [0.25, 0.3) is 10.2 Å². The third kappa shape index (κ3) is 3.54. The third-order valence-corrected chi connectivity index (χ3v) is 6.28. The van der Waals surface area contributed by atoms with E-state index in [1.54, 1.807) is 7.11 Å². The van der Waals surface area contributed by atoms with Gasteiger partial charge in [0.05, 0.1) is 17.4 Å². The summed E-state index contributed by atoms with van der Waals surface area (Å²) in [6.07, 6.45) is 3.62. The number of rotatable bonds is 4. The fourth-order valence-electron chi connectivity index (χ4n) is 3.63. The number of ether oxygens (including phenoxy) is 1. The van der Waals surface area contributed by atoms with Crippen LogP contribution in [0.5, 0.6) is 5.75 Å². The van der Waals surface area contributed by atoms with Crippen LogP contribution >= 0.6 is 11.3 Å². The maximum absolute atomic E-state index is 12.9. The van der Waals surface area contributed by atoms with Gasteiger partial charge in [-0.2, -0.15) is 0 Å². The van der Waals surface area contributed by atoms with E-state index in [2.05, 4.69) is 15.2 Å². The first-order chi connectivity index (χ1) is 13.6. The number of methoxy groups -OCH3 is 1. The summed E-state index contributed by atoms with van der Waals surface area (Å²) in [7, 11) is 1.62. The molecule has 146 valence electrons. The molecule has 1 fully saturated rings. The Morgan fingerprint density at radius 2 is 1.82 bits per heavy atom. The van der Waals surface area contributed by atoms with E-state index in [4.69, 9.17) is 9.72 Å². The smallest absolute Gasteiger partial charge is 0.266 e. The van der Waals surface area contributed by atoms with Crippen molar-refractivity contribution >= 4 is 39.0 Å². The molecule has 1 amide bonds. The van der Waals surface area contributed by atoms with Crippen LogP contribution in [-0.4, -0.2) is 36.1 Å². The van der Waals surface area contributed by atoms with Gasteiger partial charge in [0.1, 0.15) is 22.2 Å². The zero-order valence-electron chi connectivity index (χ0n) is 16.4. The molecule has 3 aromatic rings. The normalized spacial score (nSPS) is 14.3. The number of hydrogen-bond acceptors (Lipinski definition) is 6. The van der Waals surface area contributed by atoms with E-state index in [-0.39, 0.29) is 5.91 Å². The largest absolute Gasteiger partial charge is 0.497 e. The van der Waals surface area contributed by atoms with Crippen molar-refractivity contribution in [3.05, 3.63) is 40.5 Å². The fraction of sp³-hybridized carbons (Fsp3) is 0.381. The number of nitrogens with zero attached hydrogens (tertiary/aromatic N) is 3. The summed E-state index contributed by atoms with van der Waals surface area (Å²) in [5, 5.41) is 3.99. The van der Waals surface area contributed by atoms with Crippen LogP contribution in [0, 0.1) is 13.8 Å². The molecule has 0 unspecified atom stereocenters. The van der Waals surface area contributed by atoms with Crippen LogP contribution in [0.15, 0.2) is 24.3 Å². The summed E-state index contributed by atoms with van der Waals surface area (Å²) in [6, 6.07) is 7.33. The van der Waals surface area contributed by atoms with E-state index in [9.17, 15) is 4.79 Å². The molecule has 0 aliphatic carbocycles. The van der Waals surface area contributed by atoms with Crippen molar-refractivity contribution in [1.82, 2.24) is 9.97 Å². The standard InChI is InChI=1S/C21H24N4O2S/c1-13-17-19(25-11-5-4-6-12-25)22-14(2)23-21(17)28-18(13)20(26)24-15-7-9-16(27-3)10-8-15/h7-10H,4-6,11-12H2,1-3H3,(H,24,26). The van der Waals surface area contributed by atoms with Gasteiger partial charge in [-0.1, -0.05) is 0 Å². The lowest BCUT2D eigenvalue weighted by Gasteiger charge is -2.28. The van der Waals surface area contributed by atoms with Crippen molar-refractivity contribution in [3.8, 4) is 5.75 Å². The Morgan fingerprint density at radius 3 is 2.50 bits per heavy atom. The summed E-state index contributed by atoms with van der Waals surface area (Å²) in [5.74, 6) is 2.36. The minimum Gasteiger partial charge on any atom is -0.497 e. The first-order valence-electron chi connectivity index (χ1n) is 9.55. The van der Waals surface area contributed by atoms with E-state index >= 15 is 0 Å². The van der Waals surface area contributed by atoms with Crippen LogP contribution in [0.1, 0.15) is 40.3 Å². The zero-order valence-corrected chi connectivity index (χ0v) is 17.2. The molecule has 1 saturated heterocycles. The van der Waals surface area contributed by atoms with Gasteiger partial charge in [0, 0.05) is 18.8 Å². The molecule has 1 aliphatic heterocycles. The predicted octanol–water partition coefficient (Wildman–Crippen LogP) is 4.56. The Bertz CT molecular complexity index is 1010. The summed E-state index contributed by atoms with van der Waals surface area (Å²) < 4.78 is 5.17. The van der Waals surface area contributed by atoms with E-state index in [1.165, 1.54) is 30.6 Å². The van der Waals surface area contributed by atoms with E-state index in [0.717, 1.165) is 51.9 Å². The number of piperidine rings is 1. The number of aromatic nitrogens is 2. The minimum absolute atomic E-state index is 0.118. The number of thiophene rings is 1. The Balaban J connectivity index is 1.69. The van der Waals surface area contributed by atoms with Crippen molar-refractivity contribution in [2.24, 2.45) is 0 Å². The Morgan fingerprint density at radius 1 is 1.11 bits per heavy atom. The van der Waals surface area contributed by atoms with Crippen LogP contribution < -0.4 is 15.0 Å². The van der Waals surface area contributed by atoms with Gasteiger partial charge in [0.25, 0.3) is 5.91 Å². The lowest BCUT2D eigenvalue weighted by Crippen LogP contribution is -2.30. The highest BCUT2D eigenvalue weighted by molar-refractivity contribution is 7.20. The van der Waals surface area contributed by atoms with Gasteiger partial charge in [-0.15, -0.1) is 11.3 Å². The van der Waals surface area contributed by atoms with Crippen molar-refractivity contribution in [3.63, 3.8) is 0 Å². The van der Waals surface area contributed by atoms with Gasteiger partial charge < -0.3 is 15.0 Å². The molecule has 4 rings (SSSR count). The number of fused-ring (bicyclic) bond motifs is 1. The van der Waals surface area contributed by atoms with Crippen LogP contribution in [-0.2, 0) is 0 Å². The number of aryl methyl sites for hydroxylation is 2. The quantitative estimate of drug-likeness (QED) is 0.700. The Hall–Kier alpha value is -2.67. The van der Waals surface area contributed by atoms with Crippen molar-refractivity contribution in [2.75, 3.05) is 30.4 Å². The molecule has 1 aliphatic rings. The van der Waals surface area contributed by atoms with E-state index in [0.29, 0.717) is 4.88 Å². The SMILES string of the molecule is COc1ccc(NC(=O)c2sc3nc(C)nc(N4CCCCC4)c3c2C)cc1. The van der Waals surface area contributed by atoms with Crippen molar-refractivity contribution in [1.29, 1.82) is 0 Å². The first-order valence-corrected chi connectivity index (χ1v) is 10.4. The highest BCUT2D eigenvalue weighted by Gasteiger charge is 2.23. The second kappa shape index (κ2) is 7.75. The number of carbonyl (C=O) groups is 1. The summed E-state index contributed by atoms with van der Waals surface area (Å²) in [4.78, 5) is 26.2. The molecule has 2 aromatic heterocycles. The maximum Gasteiger partial charge on any atom is 0.266 e. The van der Waals surface area contributed by atoms with Crippen LogP contribution in [0.2, 0.25) is 0 Å². The number of nitrogens with one attached hydrogen (secondary N) is 1. The highest BCUT2D eigenvalue weighted by atomic mass is 32.1. The van der Waals surface area contributed by atoms with Gasteiger partial charge >= 0.3 is 0 Å². The van der Waals surface area contributed by atoms with E-state index < -0.39 is 0 Å². The van der Waals surface area contributed by atoms with Crippen molar-refractivity contribution < 1.29 is 9.53 Å². The Kier molecular flexibility index (Phi) is 5.17. The summed E-state index contributed by atoms with van der Waals surface area (Å²) in [5.41, 5.74) is 1.69. The molecule has 0 atom stereocenters. The number of anilines is 2. The van der Waals surface area contributed by atoms with Gasteiger partial charge in [0.2, 0.25) is 0 Å². The molecule has 28 heavy (non-hydrogen) atoms. The topological polar surface area (TPSA) is 67.3 Å². The molecule has 6 nitrogen and oxygen atoms in total. The number of carbonyl (C=O) groups excluding carboxylic acids is 1. The molecule has 3 heterocycles. The molecule has 0 spiro atoms. The van der Waals surface area contributed by atoms with Gasteiger partial charge in [-0.05, 0) is 62.9 Å². The molecule has 1 N–H and O–H groups in total. The van der Waals surface area contributed by atoms with Crippen LogP contribution in [0.3, 0.4) is 0 Å². The summed E-state index contributed by atoms with van der Waals surface area (Å²) >= 11 is 1.44. The fourth-order valence-corrected chi connectivity index (χ4v) is 4.75. The molecule has 0 bridgehead atoms. The Labute approximate surface area is 168 Å². The monoisotopic (exact) mass is 396 g/mol. The molecular formula is C21H24N4O2S. The van der Waals surface area contributed by atoms with E-state index in [1.807, 2.05) is 38.1 Å². The number of amides is 1. The molecule has 0 radical (unpaired) electrons. The first kappa shape index (κ1) is 18.7. The molecule has 7 heteroatoms. The average molecular weight is 397 g/mol. The molecule has 1 aromatic carbocycles.